The van der Waals surface area contributed by atoms with Gasteiger partial charge in [0.05, 0.1) is 0 Å². The Hall–Kier alpha value is -1.27. The van der Waals surface area contributed by atoms with Crippen molar-refractivity contribution in [3.05, 3.63) is 53.5 Å². The Morgan fingerprint density at radius 2 is 1.61 bits per heavy atom. The second kappa shape index (κ2) is 7.09. The summed E-state index contributed by atoms with van der Waals surface area (Å²) in [6, 6.07) is 10.0. The average molecular weight is 331 g/mol. The second-order valence-electron chi connectivity index (χ2n) is 7.27. The third kappa shape index (κ3) is 3.63. The molecule has 2 rings (SSSR count). The van der Waals surface area contributed by atoms with Gasteiger partial charge < -0.3 is 4.67 Å². The van der Waals surface area contributed by atoms with Crippen LogP contribution in [0.25, 0.3) is 0 Å². The fraction of sp³-hybridized carbons (Fsp3) is 0.500. The maximum Gasteiger partial charge on any atom is 0.225 e. The van der Waals surface area contributed by atoms with Gasteiger partial charge in [0.25, 0.3) is 0 Å². The van der Waals surface area contributed by atoms with E-state index in [4.69, 9.17) is 0 Å². The molecule has 2 nitrogen and oxygen atoms in total. The molecule has 0 radical (unpaired) electrons. The molecule has 1 aromatic rings. The van der Waals surface area contributed by atoms with Gasteiger partial charge in [0.2, 0.25) is 7.29 Å². The van der Waals surface area contributed by atoms with E-state index < -0.39 is 7.29 Å². The summed E-state index contributed by atoms with van der Waals surface area (Å²) in [4.78, 5) is 0. The van der Waals surface area contributed by atoms with Crippen LogP contribution < -0.4 is 5.30 Å². The molecule has 3 heteroatoms. The Labute approximate surface area is 141 Å². The summed E-state index contributed by atoms with van der Waals surface area (Å²) >= 11 is 0. The predicted molar refractivity (Wildman–Crippen MR) is 101 cm³/mol. The van der Waals surface area contributed by atoms with Crippen molar-refractivity contribution in [2.75, 3.05) is 0 Å². The normalized spacial score (nSPS) is 21.9. The molecule has 0 spiro atoms. The second-order valence-corrected chi connectivity index (χ2v) is 9.94. The third-order valence-electron chi connectivity index (χ3n) is 4.17. The van der Waals surface area contributed by atoms with Gasteiger partial charge in [0, 0.05) is 22.4 Å². The molecule has 0 aliphatic carbocycles. The maximum atomic E-state index is 14.3. The highest BCUT2D eigenvalue weighted by molar-refractivity contribution is 7.73. The highest BCUT2D eigenvalue weighted by Gasteiger charge is 2.42. The van der Waals surface area contributed by atoms with E-state index in [1.165, 1.54) is 5.57 Å². The van der Waals surface area contributed by atoms with E-state index in [1.807, 2.05) is 30.3 Å². The van der Waals surface area contributed by atoms with Crippen molar-refractivity contribution in [1.29, 1.82) is 0 Å². The van der Waals surface area contributed by atoms with Gasteiger partial charge in [0.15, 0.2) is 0 Å². The van der Waals surface area contributed by atoms with Crippen molar-refractivity contribution >= 4 is 12.6 Å². The van der Waals surface area contributed by atoms with E-state index >= 15 is 0 Å². The molecular formula is C20H30NOP. The lowest BCUT2D eigenvalue weighted by Gasteiger charge is -2.44. The van der Waals surface area contributed by atoms with Crippen LogP contribution in [0, 0.1) is 0 Å². The van der Waals surface area contributed by atoms with Crippen LogP contribution in [0.3, 0.4) is 0 Å². The Bertz CT molecular complexity index is 637. The topological polar surface area (TPSA) is 20.3 Å². The highest BCUT2D eigenvalue weighted by atomic mass is 31.2. The zero-order valence-corrected chi connectivity index (χ0v) is 16.1. The van der Waals surface area contributed by atoms with Gasteiger partial charge in [-0.15, -0.1) is 0 Å². The van der Waals surface area contributed by atoms with Crippen molar-refractivity contribution < 1.29 is 4.57 Å². The number of hydrogen-bond acceptors (Lipinski definition) is 1. The van der Waals surface area contributed by atoms with Crippen molar-refractivity contribution in [3.8, 4) is 0 Å². The first kappa shape index (κ1) is 18.1. The molecular weight excluding hydrogens is 301 g/mol. The Morgan fingerprint density at radius 1 is 1.00 bits per heavy atom. The molecule has 1 aromatic carbocycles. The number of rotatable bonds is 5. The Kier molecular flexibility index (Phi) is 5.57. The number of hydrogen-bond donors (Lipinski definition) is 0. The summed E-state index contributed by atoms with van der Waals surface area (Å²) < 4.78 is 16.4. The van der Waals surface area contributed by atoms with E-state index in [0.717, 1.165) is 36.3 Å². The Balaban J connectivity index is 2.64. The van der Waals surface area contributed by atoms with Gasteiger partial charge in [-0.05, 0) is 57.4 Å². The summed E-state index contributed by atoms with van der Waals surface area (Å²) in [5, 5.41) is 2.05. The smallest absolute Gasteiger partial charge is 0.225 e. The first-order chi connectivity index (χ1) is 10.8. The van der Waals surface area contributed by atoms with Gasteiger partial charge in [-0.2, -0.15) is 0 Å². The van der Waals surface area contributed by atoms with Crippen LogP contribution in [0.4, 0.5) is 0 Å². The summed E-state index contributed by atoms with van der Waals surface area (Å²) in [5.41, 5.74) is 1.12. The maximum absolute atomic E-state index is 14.3. The van der Waals surface area contributed by atoms with Crippen LogP contribution in [0.1, 0.15) is 60.3 Å². The zero-order valence-electron chi connectivity index (χ0n) is 15.2. The van der Waals surface area contributed by atoms with E-state index in [1.54, 1.807) is 0 Å². The SMILES string of the molecule is CCCC1=CN(C(C)(C)C)P(=O)(c2ccccc2)C(CCC)=C1. The molecule has 126 valence electrons. The minimum atomic E-state index is -2.77. The van der Waals surface area contributed by atoms with Crippen molar-refractivity contribution in [3.63, 3.8) is 0 Å². The molecule has 1 unspecified atom stereocenters. The first-order valence-electron chi connectivity index (χ1n) is 8.71. The van der Waals surface area contributed by atoms with E-state index in [-0.39, 0.29) is 5.54 Å². The monoisotopic (exact) mass is 331 g/mol. The molecule has 1 aliphatic rings. The highest BCUT2D eigenvalue weighted by Crippen LogP contribution is 2.62. The molecule has 23 heavy (non-hydrogen) atoms. The number of benzene rings is 1. The molecule has 0 amide bonds. The molecule has 0 bridgehead atoms. The fourth-order valence-electron chi connectivity index (χ4n) is 3.16. The molecule has 0 N–H and O–H groups in total. The quantitative estimate of drug-likeness (QED) is 0.610. The summed E-state index contributed by atoms with van der Waals surface area (Å²) in [6.45, 7) is 10.8. The minimum Gasteiger partial charge on any atom is -0.317 e. The van der Waals surface area contributed by atoms with Crippen LogP contribution >= 0.6 is 7.29 Å². The molecule has 1 atom stereocenters. The van der Waals surface area contributed by atoms with Crippen LogP contribution in [0.15, 0.2) is 53.5 Å². The predicted octanol–water partition coefficient (Wildman–Crippen LogP) is 6.07. The van der Waals surface area contributed by atoms with Gasteiger partial charge in [-0.1, -0.05) is 44.9 Å². The largest absolute Gasteiger partial charge is 0.317 e. The summed E-state index contributed by atoms with van der Waals surface area (Å²) in [5.74, 6) is 0. The van der Waals surface area contributed by atoms with Crippen molar-refractivity contribution in [1.82, 2.24) is 4.67 Å². The van der Waals surface area contributed by atoms with Crippen LogP contribution in [0.2, 0.25) is 0 Å². The zero-order chi connectivity index (χ0) is 17.1. The molecule has 0 fully saturated rings. The standard InChI is InChI=1S/C20H30NOP/c1-6-11-17-15-19(12-7-2)23(22,18-13-9-8-10-14-18)21(16-17)20(3,4)5/h8-10,13-16H,6-7,11-12H2,1-5H3. The Morgan fingerprint density at radius 3 is 2.13 bits per heavy atom. The minimum absolute atomic E-state index is 0.183. The average Bonchev–Trinajstić information content (AvgIpc) is 2.50. The fourth-order valence-corrected chi connectivity index (χ4v) is 6.61. The van der Waals surface area contributed by atoms with Gasteiger partial charge >= 0.3 is 0 Å². The summed E-state index contributed by atoms with van der Waals surface area (Å²) in [6.07, 6.45) is 8.41. The molecule has 0 saturated heterocycles. The van der Waals surface area contributed by atoms with E-state index in [0.29, 0.717) is 0 Å². The lowest BCUT2D eigenvalue weighted by atomic mass is 10.1. The molecule has 0 saturated carbocycles. The lowest BCUT2D eigenvalue weighted by Crippen LogP contribution is -2.39. The molecule has 1 aliphatic heterocycles. The van der Waals surface area contributed by atoms with Crippen LogP contribution in [-0.2, 0) is 4.57 Å². The van der Waals surface area contributed by atoms with Gasteiger partial charge in [0.1, 0.15) is 0 Å². The first-order valence-corrected chi connectivity index (χ1v) is 10.4. The van der Waals surface area contributed by atoms with E-state index in [9.17, 15) is 4.57 Å². The number of nitrogens with zero attached hydrogens (tertiary/aromatic N) is 1. The van der Waals surface area contributed by atoms with Crippen molar-refractivity contribution in [2.45, 2.75) is 65.8 Å². The molecule has 0 aromatic heterocycles. The lowest BCUT2D eigenvalue weighted by molar-refractivity contribution is 0.319. The van der Waals surface area contributed by atoms with Crippen LogP contribution in [0.5, 0.6) is 0 Å². The van der Waals surface area contributed by atoms with E-state index in [2.05, 4.69) is 51.6 Å². The number of allylic oxidation sites excluding steroid dienone is 3. The molecule has 1 heterocycles. The van der Waals surface area contributed by atoms with Gasteiger partial charge in [-0.25, -0.2) is 0 Å². The van der Waals surface area contributed by atoms with Gasteiger partial charge in [-0.3, -0.25) is 4.57 Å². The summed E-state index contributed by atoms with van der Waals surface area (Å²) in [7, 11) is -2.77. The van der Waals surface area contributed by atoms with Crippen LogP contribution in [-0.4, -0.2) is 10.2 Å². The van der Waals surface area contributed by atoms with Crippen molar-refractivity contribution in [2.24, 2.45) is 0 Å². The third-order valence-corrected chi connectivity index (χ3v) is 7.62.